The van der Waals surface area contributed by atoms with Gasteiger partial charge in [-0.1, -0.05) is 47.1 Å². The van der Waals surface area contributed by atoms with Crippen molar-refractivity contribution in [3.8, 4) is 22.4 Å². The first-order valence-electron chi connectivity index (χ1n) is 9.62. The lowest BCUT2D eigenvalue weighted by atomic mass is 10.00. The number of hydrogen-bond donors (Lipinski definition) is 1. The number of hydrogen-bond acceptors (Lipinski definition) is 4. The van der Waals surface area contributed by atoms with Crippen molar-refractivity contribution in [2.75, 3.05) is 5.32 Å². The third kappa shape index (κ3) is 4.27. The number of pyridine rings is 1. The second kappa shape index (κ2) is 8.69. The van der Waals surface area contributed by atoms with Crippen LogP contribution in [0.1, 0.15) is 17.5 Å². The highest BCUT2D eigenvalue weighted by atomic mass is 19.1. The Bertz CT molecular complexity index is 1160. The molecule has 5 nitrogen and oxygen atoms in total. The Balaban J connectivity index is 1.66. The Labute approximate surface area is 173 Å². The largest absolute Gasteiger partial charge is 0.337 e. The van der Waals surface area contributed by atoms with Crippen LogP contribution in [-0.2, 0) is 11.2 Å². The summed E-state index contributed by atoms with van der Waals surface area (Å²) in [6, 6.07) is 18.1. The van der Waals surface area contributed by atoms with Gasteiger partial charge >= 0.3 is 0 Å². The number of carbonyl (C=O) groups excluding carboxylic acids is 1. The van der Waals surface area contributed by atoms with Crippen LogP contribution in [0, 0.1) is 12.7 Å². The van der Waals surface area contributed by atoms with E-state index >= 15 is 0 Å². The van der Waals surface area contributed by atoms with Crippen LogP contribution < -0.4 is 5.32 Å². The molecule has 2 aromatic heterocycles. The first kappa shape index (κ1) is 19.5. The highest BCUT2D eigenvalue weighted by Gasteiger charge is 2.23. The van der Waals surface area contributed by atoms with Gasteiger partial charge in [0.2, 0.25) is 11.8 Å². The molecule has 0 aliphatic rings. The van der Waals surface area contributed by atoms with Crippen LogP contribution >= 0.6 is 0 Å². The molecule has 30 heavy (non-hydrogen) atoms. The second-order valence-electron chi connectivity index (χ2n) is 6.99. The summed E-state index contributed by atoms with van der Waals surface area (Å²) in [5, 5.41) is 6.88. The lowest BCUT2D eigenvalue weighted by Crippen LogP contribution is -2.12. The molecule has 0 unspecified atom stereocenters. The van der Waals surface area contributed by atoms with Crippen LogP contribution in [0.5, 0.6) is 0 Å². The summed E-state index contributed by atoms with van der Waals surface area (Å²) in [4.78, 5) is 16.6. The molecule has 0 aliphatic heterocycles. The van der Waals surface area contributed by atoms with Gasteiger partial charge in [-0.05, 0) is 48.7 Å². The molecule has 2 heterocycles. The fraction of sp³-hybridized carbons (Fsp3) is 0.125. The van der Waals surface area contributed by atoms with Gasteiger partial charge < -0.3 is 4.52 Å². The van der Waals surface area contributed by atoms with Crippen molar-refractivity contribution in [3.05, 3.63) is 90.0 Å². The van der Waals surface area contributed by atoms with Crippen molar-refractivity contribution in [3.63, 3.8) is 0 Å². The van der Waals surface area contributed by atoms with Gasteiger partial charge in [0, 0.05) is 24.4 Å². The van der Waals surface area contributed by atoms with E-state index in [1.807, 2.05) is 37.3 Å². The minimum atomic E-state index is -0.411. The predicted octanol–water partition coefficient (Wildman–Crippen LogP) is 5.42. The monoisotopic (exact) mass is 401 g/mol. The summed E-state index contributed by atoms with van der Waals surface area (Å²) in [7, 11) is 0. The van der Waals surface area contributed by atoms with Gasteiger partial charge in [-0.15, -0.1) is 0 Å². The highest BCUT2D eigenvalue weighted by molar-refractivity contribution is 5.97. The molecule has 1 amide bonds. The zero-order valence-electron chi connectivity index (χ0n) is 16.4. The second-order valence-corrected chi connectivity index (χ2v) is 6.99. The van der Waals surface area contributed by atoms with E-state index in [0.29, 0.717) is 23.2 Å². The Morgan fingerprint density at radius 2 is 1.83 bits per heavy atom. The van der Waals surface area contributed by atoms with Crippen LogP contribution in [0.15, 0.2) is 77.6 Å². The molecule has 1 N–H and O–H groups in total. The fourth-order valence-corrected chi connectivity index (χ4v) is 3.26. The fourth-order valence-electron chi connectivity index (χ4n) is 3.26. The highest BCUT2D eigenvalue weighted by Crippen LogP contribution is 2.38. The number of aromatic nitrogens is 2. The van der Waals surface area contributed by atoms with Crippen molar-refractivity contribution in [2.45, 2.75) is 19.8 Å². The van der Waals surface area contributed by atoms with Gasteiger partial charge in [0.1, 0.15) is 11.5 Å². The van der Waals surface area contributed by atoms with Gasteiger partial charge in [0.05, 0.1) is 5.56 Å². The number of halogens is 1. The molecule has 0 saturated heterocycles. The van der Waals surface area contributed by atoms with Gasteiger partial charge in [-0.25, -0.2) is 4.39 Å². The van der Waals surface area contributed by atoms with Crippen LogP contribution in [0.25, 0.3) is 22.4 Å². The van der Waals surface area contributed by atoms with Gasteiger partial charge in [0.25, 0.3) is 0 Å². The third-order valence-corrected chi connectivity index (χ3v) is 4.77. The van der Waals surface area contributed by atoms with E-state index in [2.05, 4.69) is 15.5 Å². The number of carbonyl (C=O) groups is 1. The van der Waals surface area contributed by atoms with Gasteiger partial charge in [-0.2, -0.15) is 0 Å². The van der Waals surface area contributed by atoms with E-state index in [4.69, 9.17) is 4.52 Å². The number of nitrogens with one attached hydrogen (secondary N) is 1. The average molecular weight is 401 g/mol. The predicted molar refractivity (Wildman–Crippen MR) is 113 cm³/mol. The molecule has 4 aromatic rings. The molecule has 2 aromatic carbocycles. The number of nitrogens with zero attached hydrogens (tertiary/aromatic N) is 2. The van der Waals surface area contributed by atoms with Crippen molar-refractivity contribution in [2.24, 2.45) is 0 Å². The van der Waals surface area contributed by atoms with E-state index < -0.39 is 5.82 Å². The number of amides is 1. The van der Waals surface area contributed by atoms with E-state index in [0.717, 1.165) is 16.7 Å². The molecular formula is C24H20FN3O2. The van der Waals surface area contributed by atoms with Crippen molar-refractivity contribution < 1.29 is 13.7 Å². The summed E-state index contributed by atoms with van der Waals surface area (Å²) in [6.45, 7) is 1.88. The zero-order valence-corrected chi connectivity index (χ0v) is 16.4. The van der Waals surface area contributed by atoms with Crippen molar-refractivity contribution in [1.82, 2.24) is 10.1 Å². The molecule has 0 bridgehead atoms. The number of rotatable bonds is 6. The first-order valence-corrected chi connectivity index (χ1v) is 9.62. The maximum atomic E-state index is 14.5. The molecule has 0 atom stereocenters. The zero-order chi connectivity index (χ0) is 20.9. The summed E-state index contributed by atoms with van der Waals surface area (Å²) in [6.07, 6.45) is 4.14. The van der Waals surface area contributed by atoms with Crippen LogP contribution in [0.3, 0.4) is 0 Å². The smallest absolute Gasteiger partial charge is 0.239 e. The maximum absolute atomic E-state index is 14.5. The Kier molecular flexibility index (Phi) is 5.66. The van der Waals surface area contributed by atoms with Gasteiger partial charge in [-0.3, -0.25) is 15.1 Å². The van der Waals surface area contributed by atoms with E-state index in [9.17, 15) is 9.18 Å². The third-order valence-electron chi connectivity index (χ3n) is 4.77. The molecule has 0 aliphatic carbocycles. The molecular weight excluding hydrogens is 381 g/mol. The summed E-state index contributed by atoms with van der Waals surface area (Å²) < 4.78 is 20.0. The Hall–Kier alpha value is -3.80. The average Bonchev–Trinajstić information content (AvgIpc) is 3.18. The Morgan fingerprint density at radius 3 is 2.60 bits per heavy atom. The Morgan fingerprint density at radius 1 is 1.07 bits per heavy atom. The maximum Gasteiger partial charge on any atom is 0.239 e. The van der Waals surface area contributed by atoms with Crippen LogP contribution in [0.2, 0.25) is 0 Å². The normalized spacial score (nSPS) is 10.7. The molecule has 4 rings (SSSR count). The quantitative estimate of drug-likeness (QED) is 0.468. The number of aryl methyl sites for hydroxylation is 2. The minimum Gasteiger partial charge on any atom is -0.337 e. The molecule has 0 fully saturated rings. The summed E-state index contributed by atoms with van der Waals surface area (Å²) >= 11 is 0. The molecule has 0 saturated carbocycles. The molecule has 0 spiro atoms. The first-order chi connectivity index (χ1) is 14.6. The summed E-state index contributed by atoms with van der Waals surface area (Å²) in [5.74, 6) is -0.428. The lowest BCUT2D eigenvalue weighted by Gasteiger charge is -2.07. The molecule has 6 heteroatoms. The number of anilines is 1. The summed E-state index contributed by atoms with van der Waals surface area (Å²) in [5.41, 5.74) is 3.86. The lowest BCUT2D eigenvalue weighted by molar-refractivity contribution is -0.116. The van der Waals surface area contributed by atoms with Crippen molar-refractivity contribution in [1.29, 1.82) is 0 Å². The molecule has 150 valence electrons. The minimum absolute atomic E-state index is 0.190. The van der Waals surface area contributed by atoms with Crippen molar-refractivity contribution >= 4 is 11.8 Å². The van der Waals surface area contributed by atoms with E-state index in [-0.39, 0.29) is 18.2 Å². The molecule has 0 radical (unpaired) electrons. The standard InChI is InChI=1S/C24H20FN3O2/c1-16-7-9-20(25)19(15-16)23-22(18-11-13-26-14-12-18)24(30-28-23)27-21(29)10-8-17-5-3-2-4-6-17/h2-7,9,11-15H,8,10H2,1H3,(H,27,29). The van der Waals surface area contributed by atoms with Gasteiger partial charge in [0.15, 0.2) is 0 Å². The van der Waals surface area contributed by atoms with E-state index in [1.54, 1.807) is 36.7 Å². The topological polar surface area (TPSA) is 68.0 Å². The van der Waals surface area contributed by atoms with Crippen LogP contribution in [-0.4, -0.2) is 16.0 Å². The van der Waals surface area contributed by atoms with Crippen LogP contribution in [0.4, 0.5) is 10.3 Å². The van der Waals surface area contributed by atoms with E-state index in [1.165, 1.54) is 6.07 Å². The SMILES string of the molecule is Cc1ccc(F)c(-c2noc(NC(=O)CCc3ccccc3)c2-c2ccncc2)c1. The number of benzene rings is 2.